The van der Waals surface area contributed by atoms with E-state index in [0.717, 1.165) is 11.1 Å². The molecule has 0 spiro atoms. The van der Waals surface area contributed by atoms with Crippen LogP contribution in [0.25, 0.3) is 0 Å². The Morgan fingerprint density at radius 1 is 1.00 bits per heavy atom. The number of nitrogens with two attached hydrogens (primary N) is 1. The number of alkyl halides is 3. The van der Waals surface area contributed by atoms with Crippen molar-refractivity contribution in [2.45, 2.75) is 19.3 Å². The van der Waals surface area contributed by atoms with Gasteiger partial charge in [0.2, 0.25) is 5.91 Å². The number of guanidine groups is 1. The van der Waals surface area contributed by atoms with Crippen molar-refractivity contribution in [2.24, 2.45) is 10.7 Å². The number of hydrogen-bond donors (Lipinski definition) is 3. The van der Waals surface area contributed by atoms with Gasteiger partial charge in [0, 0.05) is 25.7 Å². The van der Waals surface area contributed by atoms with E-state index < -0.39 is 18.7 Å². The summed E-state index contributed by atoms with van der Waals surface area (Å²) in [6, 6.07) is 13.2. The Hall–Kier alpha value is -2.50. The second kappa shape index (κ2) is 11.5. The molecule has 1 amide bonds. The number of rotatable bonds is 7. The highest BCUT2D eigenvalue weighted by molar-refractivity contribution is 14.0. The van der Waals surface area contributed by atoms with Gasteiger partial charge in [0.15, 0.2) is 12.6 Å². The van der Waals surface area contributed by atoms with Gasteiger partial charge in [-0.25, -0.2) is 0 Å². The number of primary amides is 1. The summed E-state index contributed by atoms with van der Waals surface area (Å²) < 4.78 is 41.1. The van der Waals surface area contributed by atoms with Gasteiger partial charge in [0.25, 0.3) is 0 Å². The zero-order valence-electron chi connectivity index (χ0n) is 15.6. The molecule has 10 heteroatoms. The van der Waals surface area contributed by atoms with Crippen LogP contribution < -0.4 is 21.1 Å². The average Bonchev–Trinajstić information content (AvgIpc) is 2.67. The molecule has 2 rings (SSSR count). The number of hydrogen-bond acceptors (Lipinski definition) is 3. The highest BCUT2D eigenvalue weighted by atomic mass is 127. The molecule has 0 aliphatic carbocycles. The van der Waals surface area contributed by atoms with Gasteiger partial charge >= 0.3 is 6.18 Å². The van der Waals surface area contributed by atoms with E-state index in [9.17, 15) is 18.0 Å². The fraction of sp³-hybridized carbons (Fsp3) is 0.263. The van der Waals surface area contributed by atoms with Crippen molar-refractivity contribution in [3.05, 3.63) is 65.2 Å². The molecule has 0 aliphatic rings. The summed E-state index contributed by atoms with van der Waals surface area (Å²) >= 11 is 0. The van der Waals surface area contributed by atoms with Crippen LogP contribution in [0.15, 0.2) is 53.5 Å². The molecule has 0 heterocycles. The SMILES string of the molecule is CN=C(NCc1ccc(OCC(F)(F)F)cc1)NCc1ccc(C(N)=O)cc1.I. The Morgan fingerprint density at radius 3 is 1.90 bits per heavy atom. The molecule has 0 aliphatic heterocycles. The summed E-state index contributed by atoms with van der Waals surface area (Å²) in [4.78, 5) is 15.2. The summed E-state index contributed by atoms with van der Waals surface area (Å²) in [6.45, 7) is -0.398. The van der Waals surface area contributed by atoms with Gasteiger partial charge in [-0.3, -0.25) is 9.79 Å². The van der Waals surface area contributed by atoms with Crippen LogP contribution >= 0.6 is 24.0 Å². The summed E-state index contributed by atoms with van der Waals surface area (Å²) in [5.74, 6) is 0.228. The first-order valence-corrected chi connectivity index (χ1v) is 8.38. The second-order valence-electron chi connectivity index (χ2n) is 5.89. The van der Waals surface area contributed by atoms with E-state index in [-0.39, 0.29) is 29.7 Å². The molecule has 0 saturated heterocycles. The monoisotopic (exact) mass is 522 g/mol. The Morgan fingerprint density at radius 2 is 1.48 bits per heavy atom. The Kier molecular flexibility index (Phi) is 9.72. The number of carbonyl (C=O) groups is 1. The highest BCUT2D eigenvalue weighted by Crippen LogP contribution is 2.18. The smallest absolute Gasteiger partial charge is 0.422 e. The molecule has 0 atom stereocenters. The lowest BCUT2D eigenvalue weighted by atomic mass is 10.1. The molecule has 4 N–H and O–H groups in total. The molecular formula is C19H22F3IN4O2. The molecule has 29 heavy (non-hydrogen) atoms. The number of aliphatic imine (C=N–C) groups is 1. The van der Waals surface area contributed by atoms with Crippen LogP contribution in [0, 0.1) is 0 Å². The van der Waals surface area contributed by atoms with Gasteiger partial charge in [-0.05, 0) is 35.4 Å². The molecule has 6 nitrogen and oxygen atoms in total. The number of carbonyl (C=O) groups excluding carboxylic acids is 1. The number of nitrogens with one attached hydrogen (secondary N) is 2. The summed E-state index contributed by atoms with van der Waals surface area (Å²) in [6.07, 6.45) is -4.36. The fourth-order valence-electron chi connectivity index (χ4n) is 2.25. The first-order valence-electron chi connectivity index (χ1n) is 8.38. The van der Waals surface area contributed by atoms with Crippen molar-refractivity contribution in [1.82, 2.24) is 10.6 Å². The third-order valence-corrected chi connectivity index (χ3v) is 3.71. The maximum absolute atomic E-state index is 12.1. The van der Waals surface area contributed by atoms with E-state index in [1.54, 1.807) is 43.4 Å². The van der Waals surface area contributed by atoms with Crippen LogP contribution in [0.2, 0.25) is 0 Å². The third kappa shape index (κ3) is 9.03. The van der Waals surface area contributed by atoms with Crippen molar-refractivity contribution in [1.29, 1.82) is 0 Å². The predicted molar refractivity (Wildman–Crippen MR) is 115 cm³/mol. The van der Waals surface area contributed by atoms with Gasteiger partial charge in [-0.1, -0.05) is 24.3 Å². The van der Waals surface area contributed by atoms with Crippen LogP contribution in [-0.4, -0.2) is 31.7 Å². The lowest BCUT2D eigenvalue weighted by Crippen LogP contribution is -2.36. The topological polar surface area (TPSA) is 88.7 Å². The summed E-state index contributed by atoms with van der Waals surface area (Å²) in [7, 11) is 1.62. The van der Waals surface area contributed by atoms with Crippen molar-refractivity contribution < 1.29 is 22.7 Å². The molecule has 0 unspecified atom stereocenters. The van der Waals surface area contributed by atoms with Crippen molar-refractivity contribution in [3.63, 3.8) is 0 Å². The minimum absolute atomic E-state index is 0. The summed E-state index contributed by atoms with van der Waals surface area (Å²) in [5.41, 5.74) is 7.44. The Bertz CT molecular complexity index is 810. The van der Waals surface area contributed by atoms with Crippen molar-refractivity contribution in [2.75, 3.05) is 13.7 Å². The van der Waals surface area contributed by atoms with E-state index in [2.05, 4.69) is 20.4 Å². The van der Waals surface area contributed by atoms with Crippen molar-refractivity contribution >= 4 is 35.8 Å². The quantitative estimate of drug-likeness (QED) is 0.296. The van der Waals surface area contributed by atoms with Crippen molar-refractivity contribution in [3.8, 4) is 5.75 Å². The van der Waals surface area contributed by atoms with Gasteiger partial charge in [0.1, 0.15) is 5.75 Å². The molecule has 0 aromatic heterocycles. The fourth-order valence-corrected chi connectivity index (χ4v) is 2.25. The van der Waals surface area contributed by atoms with Crippen LogP contribution in [0.4, 0.5) is 13.2 Å². The van der Waals surface area contributed by atoms with Crippen LogP contribution in [-0.2, 0) is 13.1 Å². The molecule has 0 bridgehead atoms. The molecule has 158 valence electrons. The van der Waals surface area contributed by atoms with Crippen LogP contribution in [0.3, 0.4) is 0 Å². The summed E-state index contributed by atoms with van der Waals surface area (Å²) in [5, 5.41) is 6.23. The maximum Gasteiger partial charge on any atom is 0.422 e. The molecule has 2 aromatic carbocycles. The van der Waals surface area contributed by atoms with Crippen LogP contribution in [0.5, 0.6) is 5.75 Å². The van der Waals surface area contributed by atoms with E-state index in [1.165, 1.54) is 12.1 Å². The average molecular weight is 522 g/mol. The van der Waals surface area contributed by atoms with Gasteiger partial charge in [0.05, 0.1) is 0 Å². The third-order valence-electron chi connectivity index (χ3n) is 3.71. The molecular weight excluding hydrogens is 500 g/mol. The van der Waals surface area contributed by atoms with Gasteiger partial charge in [-0.2, -0.15) is 13.2 Å². The number of amides is 1. The van der Waals surface area contributed by atoms with E-state index in [4.69, 9.17) is 5.73 Å². The highest BCUT2D eigenvalue weighted by Gasteiger charge is 2.28. The zero-order valence-corrected chi connectivity index (χ0v) is 18.0. The van der Waals surface area contributed by atoms with Gasteiger partial charge in [-0.15, -0.1) is 24.0 Å². The lowest BCUT2D eigenvalue weighted by Gasteiger charge is -2.13. The largest absolute Gasteiger partial charge is 0.484 e. The van der Waals surface area contributed by atoms with Crippen LogP contribution in [0.1, 0.15) is 21.5 Å². The van der Waals surface area contributed by atoms with E-state index >= 15 is 0 Å². The standard InChI is InChI=1S/C19H21F3N4O2.HI/c1-24-18(25-10-13-2-6-15(7-3-13)17(23)27)26-11-14-4-8-16(9-5-14)28-12-19(20,21)22;/h2-9H,10-12H2,1H3,(H2,23,27)(H2,24,25,26);1H. The lowest BCUT2D eigenvalue weighted by molar-refractivity contribution is -0.153. The molecule has 0 fully saturated rings. The number of halogens is 4. The molecule has 2 aromatic rings. The van der Waals surface area contributed by atoms with E-state index in [0.29, 0.717) is 24.6 Å². The minimum Gasteiger partial charge on any atom is -0.484 e. The zero-order chi connectivity index (χ0) is 20.6. The minimum atomic E-state index is -4.36. The number of benzene rings is 2. The maximum atomic E-state index is 12.1. The number of nitrogens with zero attached hydrogens (tertiary/aromatic N) is 1. The number of ether oxygens (including phenoxy) is 1. The molecule has 0 saturated carbocycles. The Balaban J connectivity index is 0.00000420. The second-order valence-corrected chi connectivity index (χ2v) is 5.89. The predicted octanol–water partition coefficient (Wildman–Crippen LogP) is 3.21. The van der Waals surface area contributed by atoms with Gasteiger partial charge < -0.3 is 21.1 Å². The first kappa shape index (κ1) is 24.5. The molecule has 0 radical (unpaired) electrons. The first-order chi connectivity index (χ1) is 13.3. The Labute approximate surface area is 183 Å². The normalized spacial score (nSPS) is 11.4. The van der Waals surface area contributed by atoms with E-state index in [1.807, 2.05) is 0 Å².